The molecule has 0 amide bonds. The van der Waals surface area contributed by atoms with Crippen LogP contribution in [0.15, 0.2) is 29.2 Å². The normalized spacial score (nSPS) is 10.6. The van der Waals surface area contributed by atoms with Crippen LogP contribution in [0.2, 0.25) is 0 Å². The quantitative estimate of drug-likeness (QED) is 0.550. The van der Waals surface area contributed by atoms with Gasteiger partial charge in [0.25, 0.3) is 0 Å². The molecular formula is C13H20FNS. The van der Waals surface area contributed by atoms with Gasteiger partial charge in [-0.25, -0.2) is 4.39 Å². The van der Waals surface area contributed by atoms with Crippen molar-refractivity contribution >= 4 is 11.8 Å². The summed E-state index contributed by atoms with van der Waals surface area (Å²) < 4.78 is 13.2. The van der Waals surface area contributed by atoms with E-state index in [1.54, 1.807) is 17.8 Å². The molecule has 0 bridgehead atoms. The van der Waals surface area contributed by atoms with Gasteiger partial charge >= 0.3 is 0 Å². The molecule has 0 aliphatic carbocycles. The van der Waals surface area contributed by atoms with Gasteiger partial charge in [0.05, 0.1) is 0 Å². The highest BCUT2D eigenvalue weighted by Crippen LogP contribution is 2.21. The van der Waals surface area contributed by atoms with Gasteiger partial charge in [0.1, 0.15) is 5.82 Å². The van der Waals surface area contributed by atoms with E-state index < -0.39 is 0 Å². The zero-order valence-electron chi connectivity index (χ0n) is 9.84. The number of benzene rings is 1. The monoisotopic (exact) mass is 241 g/mol. The van der Waals surface area contributed by atoms with E-state index in [-0.39, 0.29) is 5.82 Å². The first-order valence-electron chi connectivity index (χ1n) is 5.92. The lowest BCUT2D eigenvalue weighted by atomic mass is 10.3. The molecular weight excluding hydrogens is 221 g/mol. The van der Waals surface area contributed by atoms with E-state index in [1.165, 1.54) is 18.9 Å². The van der Waals surface area contributed by atoms with Crippen LogP contribution in [0.3, 0.4) is 0 Å². The highest BCUT2D eigenvalue weighted by Gasteiger charge is 2.00. The average Bonchev–Trinajstić information content (AvgIpc) is 2.30. The molecule has 1 rings (SSSR count). The summed E-state index contributed by atoms with van der Waals surface area (Å²) in [6.45, 7) is 4.34. The number of rotatable bonds is 8. The van der Waals surface area contributed by atoms with Crippen LogP contribution < -0.4 is 5.32 Å². The number of thioether (sulfide) groups is 1. The van der Waals surface area contributed by atoms with Crippen LogP contribution in [0.25, 0.3) is 0 Å². The Labute approximate surface area is 102 Å². The summed E-state index contributed by atoms with van der Waals surface area (Å²) in [6, 6.07) is 6.97. The molecule has 1 N–H and O–H groups in total. The molecule has 0 radical (unpaired) electrons. The average molecular weight is 241 g/mol. The third-order valence-corrected chi connectivity index (χ3v) is 3.40. The fourth-order valence-electron chi connectivity index (χ4n) is 1.40. The van der Waals surface area contributed by atoms with E-state index in [1.807, 2.05) is 12.1 Å². The maximum absolute atomic E-state index is 13.2. The Bertz CT molecular complexity index is 291. The Morgan fingerprint density at radius 2 is 2.00 bits per heavy atom. The summed E-state index contributed by atoms with van der Waals surface area (Å²) in [5, 5.41) is 3.36. The Morgan fingerprint density at radius 1 is 1.19 bits per heavy atom. The van der Waals surface area contributed by atoms with Crippen molar-refractivity contribution in [1.82, 2.24) is 5.32 Å². The van der Waals surface area contributed by atoms with Gasteiger partial charge in [0.15, 0.2) is 0 Å². The second kappa shape index (κ2) is 8.59. The zero-order chi connectivity index (χ0) is 11.6. The molecule has 90 valence electrons. The summed E-state index contributed by atoms with van der Waals surface area (Å²) in [5.74, 6) is 0.894. The molecule has 0 spiro atoms. The van der Waals surface area contributed by atoms with Crippen molar-refractivity contribution in [3.8, 4) is 0 Å². The summed E-state index contributed by atoms with van der Waals surface area (Å²) in [5.41, 5.74) is 0. The zero-order valence-corrected chi connectivity index (χ0v) is 10.7. The van der Waals surface area contributed by atoms with Crippen LogP contribution in [0.1, 0.15) is 26.2 Å². The first kappa shape index (κ1) is 13.5. The van der Waals surface area contributed by atoms with Gasteiger partial charge in [-0.2, -0.15) is 0 Å². The van der Waals surface area contributed by atoms with Gasteiger partial charge < -0.3 is 5.32 Å². The molecule has 1 nitrogen and oxygen atoms in total. The molecule has 0 saturated carbocycles. The number of unbranched alkanes of at least 4 members (excludes halogenated alkanes) is 1. The first-order valence-corrected chi connectivity index (χ1v) is 6.91. The molecule has 0 unspecified atom stereocenters. The Hall–Kier alpha value is -0.540. The van der Waals surface area contributed by atoms with Crippen LogP contribution in [-0.4, -0.2) is 18.8 Å². The van der Waals surface area contributed by atoms with Crippen molar-refractivity contribution in [2.75, 3.05) is 18.8 Å². The molecule has 1 aromatic carbocycles. The number of hydrogen-bond donors (Lipinski definition) is 1. The largest absolute Gasteiger partial charge is 0.317 e. The topological polar surface area (TPSA) is 12.0 Å². The molecule has 0 aliphatic rings. The van der Waals surface area contributed by atoms with E-state index >= 15 is 0 Å². The number of nitrogens with one attached hydrogen (secondary N) is 1. The van der Waals surface area contributed by atoms with Crippen LogP contribution in [0.5, 0.6) is 0 Å². The molecule has 0 aliphatic heterocycles. The Balaban J connectivity index is 2.05. The van der Waals surface area contributed by atoms with Crippen LogP contribution >= 0.6 is 11.8 Å². The standard InChI is InChI=1S/C13H20FNS/c1-2-9-15-10-5-6-11-16-13-8-4-3-7-12(13)14/h3-4,7-8,15H,2,5-6,9-11H2,1H3. The van der Waals surface area contributed by atoms with E-state index in [0.717, 1.165) is 30.2 Å². The summed E-state index contributed by atoms with van der Waals surface area (Å²) in [6.07, 6.45) is 3.49. The maximum Gasteiger partial charge on any atom is 0.136 e. The van der Waals surface area contributed by atoms with Gasteiger partial charge in [-0.15, -0.1) is 11.8 Å². The molecule has 0 saturated heterocycles. The minimum Gasteiger partial charge on any atom is -0.317 e. The first-order chi connectivity index (χ1) is 7.84. The van der Waals surface area contributed by atoms with Crippen LogP contribution in [0, 0.1) is 5.82 Å². The minimum absolute atomic E-state index is 0.100. The third-order valence-electron chi connectivity index (χ3n) is 2.27. The summed E-state index contributed by atoms with van der Waals surface area (Å²) in [7, 11) is 0. The van der Waals surface area contributed by atoms with Crippen molar-refractivity contribution in [3.63, 3.8) is 0 Å². The molecule has 0 aromatic heterocycles. The van der Waals surface area contributed by atoms with Crippen molar-refractivity contribution in [3.05, 3.63) is 30.1 Å². The molecule has 3 heteroatoms. The second-order valence-electron chi connectivity index (χ2n) is 3.74. The van der Waals surface area contributed by atoms with Crippen molar-refractivity contribution in [1.29, 1.82) is 0 Å². The smallest absolute Gasteiger partial charge is 0.136 e. The minimum atomic E-state index is -0.100. The predicted molar refractivity (Wildman–Crippen MR) is 69.5 cm³/mol. The van der Waals surface area contributed by atoms with E-state index in [2.05, 4.69) is 12.2 Å². The van der Waals surface area contributed by atoms with Crippen molar-refractivity contribution in [2.45, 2.75) is 31.1 Å². The lowest BCUT2D eigenvalue weighted by molar-refractivity contribution is 0.601. The van der Waals surface area contributed by atoms with Gasteiger partial charge in [0.2, 0.25) is 0 Å². The van der Waals surface area contributed by atoms with Crippen LogP contribution in [0.4, 0.5) is 4.39 Å². The second-order valence-corrected chi connectivity index (χ2v) is 4.87. The number of halogens is 1. The Morgan fingerprint density at radius 3 is 2.75 bits per heavy atom. The summed E-state index contributed by atoms with van der Waals surface area (Å²) in [4.78, 5) is 0.768. The fourth-order valence-corrected chi connectivity index (χ4v) is 2.35. The van der Waals surface area contributed by atoms with Gasteiger partial charge in [0, 0.05) is 4.90 Å². The van der Waals surface area contributed by atoms with Crippen LogP contribution in [-0.2, 0) is 0 Å². The van der Waals surface area contributed by atoms with E-state index in [9.17, 15) is 4.39 Å². The molecule has 0 heterocycles. The molecule has 1 aromatic rings. The van der Waals surface area contributed by atoms with Gasteiger partial charge in [-0.1, -0.05) is 19.1 Å². The third kappa shape index (κ3) is 5.52. The number of hydrogen-bond acceptors (Lipinski definition) is 2. The lowest BCUT2D eigenvalue weighted by Gasteiger charge is -2.04. The SMILES string of the molecule is CCCNCCCCSc1ccccc1F. The highest BCUT2D eigenvalue weighted by molar-refractivity contribution is 7.99. The Kier molecular flexibility index (Phi) is 7.26. The molecule has 16 heavy (non-hydrogen) atoms. The van der Waals surface area contributed by atoms with Gasteiger partial charge in [-0.3, -0.25) is 0 Å². The fraction of sp³-hybridized carbons (Fsp3) is 0.538. The predicted octanol–water partition coefficient (Wildman–Crippen LogP) is 3.70. The summed E-state index contributed by atoms with van der Waals surface area (Å²) >= 11 is 1.61. The molecule has 0 fully saturated rings. The van der Waals surface area contributed by atoms with Gasteiger partial charge in [-0.05, 0) is 50.2 Å². The van der Waals surface area contributed by atoms with E-state index in [4.69, 9.17) is 0 Å². The van der Waals surface area contributed by atoms with E-state index in [0.29, 0.717) is 0 Å². The maximum atomic E-state index is 13.2. The van der Waals surface area contributed by atoms with Crippen molar-refractivity contribution < 1.29 is 4.39 Å². The molecule has 0 atom stereocenters. The highest BCUT2D eigenvalue weighted by atomic mass is 32.2. The lowest BCUT2D eigenvalue weighted by Crippen LogP contribution is -2.15. The van der Waals surface area contributed by atoms with Crippen molar-refractivity contribution in [2.24, 2.45) is 0 Å².